The molecule has 2 nitrogen and oxygen atoms in total. The molecule has 2 heteroatoms. The molecule has 0 atom stereocenters. The van der Waals surface area contributed by atoms with Gasteiger partial charge in [-0.1, -0.05) is 12.2 Å². The van der Waals surface area contributed by atoms with Gasteiger partial charge in [-0.05, 0) is 25.3 Å². The highest BCUT2D eigenvalue weighted by Gasteiger charge is 2.10. The molecule has 0 saturated carbocycles. The summed E-state index contributed by atoms with van der Waals surface area (Å²) in [4.78, 5) is 10.5. The molecule has 1 N–H and O–H groups in total. The molecule has 0 radical (unpaired) electrons. The van der Waals surface area contributed by atoms with E-state index in [-0.39, 0.29) is 0 Å². The Balaban J connectivity index is 2.84. The lowest BCUT2D eigenvalue weighted by Crippen LogP contribution is -2.03. The van der Waals surface area contributed by atoms with Crippen molar-refractivity contribution in [3.05, 3.63) is 23.3 Å². The van der Waals surface area contributed by atoms with Gasteiger partial charge < -0.3 is 5.11 Å². The maximum atomic E-state index is 10.5. The van der Waals surface area contributed by atoms with E-state index in [9.17, 15) is 4.79 Å². The molecule has 0 spiro atoms. The Morgan fingerprint density at radius 1 is 1.50 bits per heavy atom. The van der Waals surface area contributed by atoms with E-state index < -0.39 is 5.97 Å². The number of aliphatic carboxylic acids is 1. The van der Waals surface area contributed by atoms with Gasteiger partial charge in [0.2, 0.25) is 0 Å². The van der Waals surface area contributed by atoms with Crippen LogP contribution in [-0.2, 0) is 4.79 Å². The molecule has 0 fully saturated rings. The molecule has 1 aliphatic rings. The van der Waals surface area contributed by atoms with Crippen LogP contribution < -0.4 is 0 Å². The first kappa shape index (κ1) is 7.06. The average Bonchev–Trinajstić information content (AvgIpc) is 1.88. The molecule has 0 amide bonds. The Labute approximate surface area is 59.9 Å². The van der Waals surface area contributed by atoms with E-state index in [1.165, 1.54) is 0 Å². The number of allylic oxidation sites excluding steroid dienone is 2. The molecule has 0 aliphatic heterocycles. The number of hydrogen-bond acceptors (Lipinski definition) is 1. The van der Waals surface area contributed by atoms with E-state index in [2.05, 4.69) is 0 Å². The van der Waals surface area contributed by atoms with Crippen molar-refractivity contribution in [1.82, 2.24) is 0 Å². The molecule has 0 bridgehead atoms. The summed E-state index contributed by atoms with van der Waals surface area (Å²) in [5, 5.41) is 8.60. The van der Waals surface area contributed by atoms with Crippen molar-refractivity contribution in [2.75, 3.05) is 0 Å². The van der Waals surface area contributed by atoms with Crippen LogP contribution in [0.3, 0.4) is 0 Å². The molecule has 0 aromatic heterocycles. The number of carboxylic acids is 1. The molecular formula is C8H10O2. The van der Waals surface area contributed by atoms with Crippen LogP contribution in [0.25, 0.3) is 0 Å². The summed E-state index contributed by atoms with van der Waals surface area (Å²) in [5.41, 5.74) is 1.35. The van der Waals surface area contributed by atoms with E-state index in [0.29, 0.717) is 5.57 Å². The van der Waals surface area contributed by atoms with Crippen molar-refractivity contribution in [2.24, 2.45) is 0 Å². The fraction of sp³-hybridized carbons (Fsp3) is 0.375. The predicted molar refractivity (Wildman–Crippen MR) is 38.7 cm³/mol. The van der Waals surface area contributed by atoms with Gasteiger partial charge >= 0.3 is 5.97 Å². The number of carbonyl (C=O) groups is 1. The molecule has 54 valence electrons. The fourth-order valence-corrected chi connectivity index (χ4v) is 1.05. The van der Waals surface area contributed by atoms with Crippen LogP contribution in [0.4, 0.5) is 0 Å². The second kappa shape index (κ2) is 2.69. The van der Waals surface area contributed by atoms with Gasteiger partial charge in [0.1, 0.15) is 0 Å². The van der Waals surface area contributed by atoms with E-state index >= 15 is 0 Å². The second-order valence-electron chi connectivity index (χ2n) is 2.39. The summed E-state index contributed by atoms with van der Waals surface area (Å²) in [5.74, 6) is -0.812. The van der Waals surface area contributed by atoms with E-state index in [0.717, 1.165) is 18.4 Å². The van der Waals surface area contributed by atoms with E-state index in [4.69, 9.17) is 5.11 Å². The third-order valence-corrected chi connectivity index (χ3v) is 1.62. The van der Waals surface area contributed by atoms with Crippen LogP contribution in [0.2, 0.25) is 0 Å². The summed E-state index contributed by atoms with van der Waals surface area (Å²) < 4.78 is 0. The molecule has 0 unspecified atom stereocenters. The first-order chi connectivity index (χ1) is 4.72. The Morgan fingerprint density at radius 2 is 2.10 bits per heavy atom. The maximum Gasteiger partial charge on any atom is 0.335 e. The normalized spacial score (nSPS) is 17.7. The molecule has 0 aromatic rings. The quantitative estimate of drug-likeness (QED) is 0.599. The first-order valence-electron chi connectivity index (χ1n) is 3.32. The zero-order valence-electron chi connectivity index (χ0n) is 5.92. The Bertz CT molecular complexity index is 211. The molecule has 0 aromatic carbocycles. The van der Waals surface area contributed by atoms with E-state index in [1.54, 1.807) is 6.08 Å². The maximum absolute atomic E-state index is 10.5. The molecule has 0 saturated heterocycles. The monoisotopic (exact) mass is 138 g/mol. The number of hydrogen-bond donors (Lipinski definition) is 1. The highest BCUT2D eigenvalue weighted by atomic mass is 16.4. The van der Waals surface area contributed by atoms with Gasteiger partial charge in [0.05, 0.1) is 5.57 Å². The molecule has 0 heterocycles. The Kier molecular flexibility index (Phi) is 1.90. The van der Waals surface area contributed by atoms with Crippen LogP contribution in [0.5, 0.6) is 0 Å². The lowest BCUT2D eigenvalue weighted by molar-refractivity contribution is -0.132. The largest absolute Gasteiger partial charge is 0.478 e. The Morgan fingerprint density at radius 3 is 2.50 bits per heavy atom. The zero-order chi connectivity index (χ0) is 7.56. The summed E-state index contributed by atoms with van der Waals surface area (Å²) >= 11 is 0. The van der Waals surface area contributed by atoms with Crippen LogP contribution in [0, 0.1) is 0 Å². The highest BCUT2D eigenvalue weighted by Crippen LogP contribution is 2.17. The van der Waals surface area contributed by atoms with E-state index in [1.807, 2.05) is 13.0 Å². The van der Waals surface area contributed by atoms with Gasteiger partial charge in [-0.15, -0.1) is 0 Å². The van der Waals surface area contributed by atoms with Crippen molar-refractivity contribution in [3.63, 3.8) is 0 Å². The molecular weight excluding hydrogens is 128 g/mol. The van der Waals surface area contributed by atoms with Gasteiger partial charge in [-0.3, -0.25) is 0 Å². The zero-order valence-corrected chi connectivity index (χ0v) is 5.92. The van der Waals surface area contributed by atoms with Gasteiger partial charge in [-0.2, -0.15) is 0 Å². The van der Waals surface area contributed by atoms with Crippen molar-refractivity contribution in [3.8, 4) is 0 Å². The second-order valence-corrected chi connectivity index (χ2v) is 2.39. The summed E-state index contributed by atoms with van der Waals surface area (Å²) in [7, 11) is 0. The van der Waals surface area contributed by atoms with Gasteiger partial charge in [-0.25, -0.2) is 4.79 Å². The predicted octanol–water partition coefficient (Wildman–Crippen LogP) is 1.74. The van der Waals surface area contributed by atoms with Crippen molar-refractivity contribution < 1.29 is 9.90 Å². The lowest BCUT2D eigenvalue weighted by atomic mass is 10.00. The minimum absolute atomic E-state index is 0.464. The minimum Gasteiger partial charge on any atom is -0.478 e. The van der Waals surface area contributed by atoms with Gasteiger partial charge in [0.15, 0.2) is 0 Å². The fourth-order valence-electron chi connectivity index (χ4n) is 1.05. The van der Waals surface area contributed by atoms with Crippen LogP contribution in [-0.4, -0.2) is 11.1 Å². The summed E-state index contributed by atoms with van der Waals surface area (Å²) in [6.45, 7) is 1.83. The smallest absolute Gasteiger partial charge is 0.335 e. The molecule has 1 aliphatic carbocycles. The van der Waals surface area contributed by atoms with Crippen LogP contribution in [0.15, 0.2) is 23.3 Å². The standard InChI is InChI=1S/C8H10O2/c1-6-4-2-3-5-7(6)8(9)10/h4-5H,2-3H2,1H3,(H,9,10). The number of rotatable bonds is 1. The topological polar surface area (TPSA) is 37.3 Å². The highest BCUT2D eigenvalue weighted by molar-refractivity contribution is 5.91. The number of carboxylic acid groups (broad SMARTS) is 1. The molecule has 10 heavy (non-hydrogen) atoms. The first-order valence-corrected chi connectivity index (χ1v) is 3.32. The minimum atomic E-state index is -0.812. The summed E-state index contributed by atoms with van der Waals surface area (Å²) in [6, 6.07) is 0. The van der Waals surface area contributed by atoms with Crippen molar-refractivity contribution in [2.45, 2.75) is 19.8 Å². The van der Waals surface area contributed by atoms with Crippen LogP contribution >= 0.6 is 0 Å². The van der Waals surface area contributed by atoms with Crippen LogP contribution in [0.1, 0.15) is 19.8 Å². The van der Waals surface area contributed by atoms with Gasteiger partial charge in [0.25, 0.3) is 0 Å². The summed E-state index contributed by atoms with van der Waals surface area (Å²) in [6.07, 6.45) is 5.57. The van der Waals surface area contributed by atoms with Gasteiger partial charge in [0, 0.05) is 0 Å². The average molecular weight is 138 g/mol. The SMILES string of the molecule is CC1=CCCC=C1C(=O)O. The molecule has 1 rings (SSSR count). The third-order valence-electron chi connectivity index (χ3n) is 1.62. The van der Waals surface area contributed by atoms with Crippen molar-refractivity contribution in [1.29, 1.82) is 0 Å². The lowest BCUT2D eigenvalue weighted by Gasteiger charge is -2.06. The Hall–Kier alpha value is -1.05. The third kappa shape index (κ3) is 1.26. The van der Waals surface area contributed by atoms with Crippen molar-refractivity contribution >= 4 is 5.97 Å².